The number of aromatic amines is 1. The first kappa shape index (κ1) is 48.9. The van der Waals surface area contributed by atoms with Crippen molar-refractivity contribution in [3.05, 3.63) is 101 Å². The number of fused-ring (bicyclic) bond motifs is 1. The highest BCUT2D eigenvalue weighted by Gasteiger charge is 2.39. The number of benzene rings is 3. The molecule has 0 radical (unpaired) electrons. The molecule has 1 fully saturated rings. The minimum Gasteiger partial charge on any atom is -0.475 e. The van der Waals surface area contributed by atoms with Crippen LogP contribution in [0.15, 0.2) is 89.7 Å². The number of carboxylic acid groups (broad SMARTS) is 2. The maximum atomic E-state index is 12.7. The summed E-state index contributed by atoms with van der Waals surface area (Å²) in [5, 5.41) is 32.1. The average Bonchev–Trinajstić information content (AvgIpc) is 3.20. The first-order valence-electron chi connectivity index (χ1n) is 19.4. The number of carboxylic acids is 2. The number of hydrogen-bond acceptors (Lipinski definition) is 8. The lowest BCUT2D eigenvalue weighted by Crippen LogP contribution is -2.38. The summed E-state index contributed by atoms with van der Waals surface area (Å²) in [6, 6.07) is 26.8. The van der Waals surface area contributed by atoms with Crippen LogP contribution in [0.4, 0.5) is 36.8 Å². The van der Waals surface area contributed by atoms with Crippen molar-refractivity contribution in [1.82, 2.24) is 15.2 Å². The molecule has 0 saturated carbocycles. The van der Waals surface area contributed by atoms with Crippen molar-refractivity contribution in [3.63, 3.8) is 0 Å². The number of ether oxygens (including phenoxy) is 1. The molecule has 5 rings (SSSR count). The number of pyridine rings is 1. The van der Waals surface area contributed by atoms with Crippen molar-refractivity contribution in [1.29, 1.82) is 0 Å². The van der Waals surface area contributed by atoms with Gasteiger partial charge in [-0.25, -0.2) is 14.4 Å². The van der Waals surface area contributed by atoms with Gasteiger partial charge in [0.2, 0.25) is 5.56 Å². The molecule has 1 atom stereocenters. The number of unbranched alkanes of at least 4 members (excludes halogenated alkanes) is 6. The van der Waals surface area contributed by atoms with E-state index in [1.807, 2.05) is 72.8 Å². The molecule has 1 aliphatic heterocycles. The van der Waals surface area contributed by atoms with Crippen LogP contribution in [0.3, 0.4) is 0 Å². The zero-order valence-corrected chi connectivity index (χ0v) is 32.7. The molecule has 1 aromatic heterocycles. The van der Waals surface area contributed by atoms with Crippen LogP contribution in [0.2, 0.25) is 0 Å². The molecule has 1 saturated heterocycles. The highest BCUT2D eigenvalue weighted by atomic mass is 19.4. The van der Waals surface area contributed by atoms with Gasteiger partial charge in [-0.3, -0.25) is 10.1 Å². The Morgan fingerprint density at radius 2 is 1.32 bits per heavy atom. The van der Waals surface area contributed by atoms with Gasteiger partial charge in [0, 0.05) is 42.2 Å². The number of aliphatic carboxylic acids is 2. The van der Waals surface area contributed by atoms with Gasteiger partial charge < -0.3 is 35.3 Å². The third kappa shape index (κ3) is 17.8. The number of halogens is 6. The van der Waals surface area contributed by atoms with E-state index in [1.165, 1.54) is 44.6 Å². The summed E-state index contributed by atoms with van der Waals surface area (Å²) in [5.74, 6) is -5.51. The molecule has 2 heterocycles. The number of amides is 1. The van der Waals surface area contributed by atoms with Gasteiger partial charge in [-0.05, 0) is 68.1 Å². The molecule has 1 unspecified atom stereocenters. The number of aliphatic hydroxyl groups is 1. The molecule has 0 aliphatic carbocycles. The third-order valence-corrected chi connectivity index (χ3v) is 9.37. The van der Waals surface area contributed by atoms with Gasteiger partial charge in [0.25, 0.3) is 0 Å². The Labute approximate surface area is 342 Å². The number of alkyl halides is 6. The molecule has 1 amide bonds. The number of para-hydroxylation sites is 1. The number of likely N-dealkylation sites (tertiary alicyclic amines) is 1. The smallest absolute Gasteiger partial charge is 0.475 e. The summed E-state index contributed by atoms with van der Waals surface area (Å²) in [7, 11) is 0. The Morgan fingerprint density at radius 3 is 1.93 bits per heavy atom. The zero-order valence-electron chi connectivity index (χ0n) is 32.7. The standard InChI is InChI=1S/C38H48N4O4.2C2HF3O2/c43-36(33-17-13-19-35-32(33)20-21-37(44)40-35)28-39-24-11-4-2-1-3-5-12-25-42-26-22-30(23-27-42)46-38(45)41-34-18-10-9-16-31(34)29-14-7-6-8-15-29;2*3-2(4,5)1(6)7/h6-10,13-21,30,36,39,43H,1-5,11-12,22-28H2,(H,40,44)(H,41,45);2*(H,6,7). The average molecular weight is 853 g/mol. The Kier molecular flexibility index (Phi) is 20.0. The molecule has 6 N–H and O–H groups in total. The normalized spacial score (nSPS) is 13.9. The fourth-order valence-electron chi connectivity index (χ4n) is 6.32. The van der Waals surface area contributed by atoms with Crippen molar-refractivity contribution in [3.8, 4) is 11.1 Å². The van der Waals surface area contributed by atoms with Gasteiger partial charge in [-0.2, -0.15) is 26.3 Å². The first-order chi connectivity index (χ1) is 28.5. The van der Waals surface area contributed by atoms with Crippen LogP contribution >= 0.6 is 0 Å². The number of piperidine rings is 1. The Morgan fingerprint density at radius 1 is 0.750 bits per heavy atom. The molecule has 328 valence electrons. The van der Waals surface area contributed by atoms with Gasteiger partial charge in [-0.15, -0.1) is 0 Å². The number of nitrogens with one attached hydrogen (secondary N) is 3. The molecular formula is C42H50F6N4O8. The van der Waals surface area contributed by atoms with Gasteiger partial charge in [-0.1, -0.05) is 92.8 Å². The topological polar surface area (TPSA) is 181 Å². The summed E-state index contributed by atoms with van der Waals surface area (Å²) in [5.41, 5.74) is 4.27. The van der Waals surface area contributed by atoms with Crippen LogP contribution < -0.4 is 16.2 Å². The van der Waals surface area contributed by atoms with Crippen molar-refractivity contribution in [2.75, 3.05) is 38.0 Å². The van der Waals surface area contributed by atoms with Crippen molar-refractivity contribution in [2.24, 2.45) is 0 Å². The number of anilines is 1. The zero-order chi connectivity index (χ0) is 44.1. The van der Waals surface area contributed by atoms with Gasteiger partial charge in [0.1, 0.15) is 6.10 Å². The summed E-state index contributed by atoms with van der Waals surface area (Å²) in [6.45, 7) is 4.45. The SMILES string of the molecule is O=C(Nc1ccccc1-c1ccccc1)OC1CCN(CCCCCCCCCNCC(O)c2cccc3[nH]c(=O)ccc23)CC1.O=C(O)C(F)(F)F.O=C(O)C(F)(F)F. The molecule has 12 nitrogen and oxygen atoms in total. The van der Waals surface area contributed by atoms with Crippen LogP contribution in [-0.2, 0) is 14.3 Å². The van der Waals surface area contributed by atoms with Crippen LogP contribution in [-0.4, -0.2) is 94.4 Å². The maximum Gasteiger partial charge on any atom is 0.490 e. The molecule has 60 heavy (non-hydrogen) atoms. The second-order valence-corrected chi connectivity index (χ2v) is 13.9. The number of carbonyl (C=O) groups excluding carboxylic acids is 1. The molecule has 1 aliphatic rings. The number of nitrogens with zero attached hydrogens (tertiary/aromatic N) is 1. The van der Waals surface area contributed by atoms with E-state index in [1.54, 1.807) is 6.07 Å². The molecule has 3 aromatic carbocycles. The number of aromatic nitrogens is 1. The first-order valence-corrected chi connectivity index (χ1v) is 19.4. The number of aliphatic hydroxyl groups excluding tert-OH is 1. The molecule has 4 aromatic rings. The maximum absolute atomic E-state index is 12.7. The molecular weight excluding hydrogens is 802 g/mol. The van der Waals surface area contributed by atoms with Crippen molar-refractivity contribution < 1.29 is 60.8 Å². The highest BCUT2D eigenvalue weighted by molar-refractivity contribution is 5.91. The Bertz CT molecular complexity index is 1960. The number of rotatable bonds is 16. The predicted molar refractivity (Wildman–Crippen MR) is 214 cm³/mol. The second-order valence-electron chi connectivity index (χ2n) is 13.9. The quantitative estimate of drug-likeness (QED) is 0.0472. The predicted octanol–water partition coefficient (Wildman–Crippen LogP) is 8.53. The van der Waals surface area contributed by atoms with Crippen LogP contribution in [0.25, 0.3) is 22.0 Å². The van der Waals surface area contributed by atoms with E-state index in [0.29, 0.717) is 6.54 Å². The monoisotopic (exact) mass is 852 g/mol. The Hall–Kier alpha value is -5.46. The molecule has 0 spiro atoms. The minimum atomic E-state index is -5.08. The van der Waals surface area contributed by atoms with E-state index < -0.39 is 30.4 Å². The molecule has 18 heteroatoms. The van der Waals surface area contributed by atoms with Crippen molar-refractivity contribution in [2.45, 2.75) is 82.3 Å². The van der Waals surface area contributed by atoms with Gasteiger partial charge >= 0.3 is 30.4 Å². The fraction of sp³-hybridized carbons (Fsp3) is 0.429. The van der Waals surface area contributed by atoms with E-state index in [4.69, 9.17) is 24.5 Å². The summed E-state index contributed by atoms with van der Waals surface area (Å²) in [4.78, 5) is 47.4. The summed E-state index contributed by atoms with van der Waals surface area (Å²) < 4.78 is 69.3. The lowest BCUT2D eigenvalue weighted by molar-refractivity contribution is -0.193. The lowest BCUT2D eigenvalue weighted by atomic mass is 10.0. The van der Waals surface area contributed by atoms with Crippen LogP contribution in [0, 0.1) is 0 Å². The van der Waals surface area contributed by atoms with Crippen LogP contribution in [0.5, 0.6) is 0 Å². The van der Waals surface area contributed by atoms with E-state index in [0.717, 1.165) is 78.7 Å². The second kappa shape index (κ2) is 24.6. The third-order valence-electron chi connectivity index (χ3n) is 9.37. The van der Waals surface area contributed by atoms with E-state index in [-0.39, 0.29) is 17.8 Å². The summed E-state index contributed by atoms with van der Waals surface area (Å²) >= 11 is 0. The number of H-pyrrole nitrogens is 1. The van der Waals surface area contributed by atoms with E-state index >= 15 is 0 Å². The molecule has 0 bridgehead atoms. The van der Waals surface area contributed by atoms with E-state index in [2.05, 4.69) is 20.5 Å². The fourth-order valence-corrected chi connectivity index (χ4v) is 6.32. The van der Waals surface area contributed by atoms with Crippen molar-refractivity contribution >= 4 is 34.6 Å². The van der Waals surface area contributed by atoms with Crippen LogP contribution in [0.1, 0.15) is 69.5 Å². The summed E-state index contributed by atoms with van der Waals surface area (Å²) in [6.07, 6.45) is -0.926. The number of carbonyl (C=O) groups is 3. The number of hydrogen-bond donors (Lipinski definition) is 6. The van der Waals surface area contributed by atoms with Gasteiger partial charge in [0.15, 0.2) is 0 Å². The minimum absolute atomic E-state index is 0.0390. The Balaban J connectivity index is 0.000000589. The largest absolute Gasteiger partial charge is 0.490 e. The van der Waals surface area contributed by atoms with E-state index in [9.17, 15) is 41.0 Å². The van der Waals surface area contributed by atoms with Gasteiger partial charge in [0.05, 0.1) is 11.8 Å². The lowest BCUT2D eigenvalue weighted by Gasteiger charge is -2.31. The highest BCUT2D eigenvalue weighted by Crippen LogP contribution is 2.28.